The number of nitrogens with one attached hydrogen (secondary N) is 1. The normalized spacial score (nSPS) is 10.2. The molecule has 7 heteroatoms. The van der Waals surface area contributed by atoms with Gasteiger partial charge in [-0.05, 0) is 36.4 Å². The maximum atomic E-state index is 11.8. The van der Waals surface area contributed by atoms with Crippen LogP contribution < -0.4 is 15.8 Å². The Kier molecular flexibility index (Phi) is 5.33. The third-order valence-corrected chi connectivity index (χ3v) is 3.67. The van der Waals surface area contributed by atoms with Gasteiger partial charge < -0.3 is 15.8 Å². The maximum absolute atomic E-state index is 11.8. The molecule has 0 heterocycles. The first-order valence-electron chi connectivity index (χ1n) is 5.88. The van der Waals surface area contributed by atoms with E-state index in [1.807, 2.05) is 0 Å². The summed E-state index contributed by atoms with van der Waals surface area (Å²) in [5.41, 5.74) is 6.60. The molecule has 0 bridgehead atoms. The molecule has 1 amide bonds. The Bertz CT molecular complexity index is 680. The second-order valence-electron chi connectivity index (χ2n) is 4.15. The van der Waals surface area contributed by atoms with E-state index in [-0.39, 0.29) is 12.5 Å². The van der Waals surface area contributed by atoms with E-state index >= 15 is 0 Å². The van der Waals surface area contributed by atoms with Crippen LogP contribution in [0.3, 0.4) is 0 Å². The van der Waals surface area contributed by atoms with Crippen molar-refractivity contribution in [2.24, 2.45) is 0 Å². The quantitative estimate of drug-likeness (QED) is 0.763. The summed E-state index contributed by atoms with van der Waals surface area (Å²) < 4.78 is 6.19. The number of hydrogen-bond acceptors (Lipinski definition) is 3. The molecule has 2 aromatic rings. The molecule has 4 nitrogen and oxygen atoms in total. The Labute approximate surface area is 140 Å². The van der Waals surface area contributed by atoms with Gasteiger partial charge in [0.1, 0.15) is 5.75 Å². The van der Waals surface area contributed by atoms with Crippen LogP contribution in [0, 0.1) is 0 Å². The van der Waals surface area contributed by atoms with Crippen molar-refractivity contribution in [1.82, 2.24) is 0 Å². The lowest BCUT2D eigenvalue weighted by atomic mass is 10.3. The molecule has 0 aromatic heterocycles. The fraction of sp³-hybridized carbons (Fsp3) is 0.0714. The number of amides is 1. The second kappa shape index (κ2) is 7.02. The zero-order chi connectivity index (χ0) is 15.4. The van der Waals surface area contributed by atoms with Crippen LogP contribution in [0.25, 0.3) is 0 Å². The number of anilines is 2. The van der Waals surface area contributed by atoms with E-state index in [4.69, 9.17) is 33.7 Å². The van der Waals surface area contributed by atoms with Gasteiger partial charge in [-0.3, -0.25) is 4.79 Å². The first kappa shape index (κ1) is 15.9. The van der Waals surface area contributed by atoms with Crippen molar-refractivity contribution in [3.63, 3.8) is 0 Å². The molecule has 2 rings (SSSR count). The minimum absolute atomic E-state index is 0.163. The Morgan fingerprint density at radius 2 is 1.95 bits per heavy atom. The summed E-state index contributed by atoms with van der Waals surface area (Å²) in [6.45, 7) is -0.163. The molecule has 0 unspecified atom stereocenters. The summed E-state index contributed by atoms with van der Waals surface area (Å²) in [6.07, 6.45) is 0. The largest absolute Gasteiger partial charge is 0.482 e. The number of carbonyl (C=O) groups is 1. The SMILES string of the molecule is Nc1cc(NC(=O)COc2ccc(Br)cc2Cl)ccc1Cl. The van der Waals surface area contributed by atoms with Gasteiger partial charge in [-0.1, -0.05) is 39.1 Å². The Hall–Kier alpha value is -1.43. The highest BCUT2D eigenvalue weighted by molar-refractivity contribution is 9.10. The molecule has 0 radical (unpaired) electrons. The van der Waals surface area contributed by atoms with Gasteiger partial charge in [-0.25, -0.2) is 0 Å². The van der Waals surface area contributed by atoms with Gasteiger partial charge in [-0.15, -0.1) is 0 Å². The number of ether oxygens (including phenoxy) is 1. The Morgan fingerprint density at radius 1 is 1.19 bits per heavy atom. The van der Waals surface area contributed by atoms with E-state index < -0.39 is 0 Å². The predicted molar refractivity (Wildman–Crippen MR) is 89.1 cm³/mol. The predicted octanol–water partition coefficient (Wildman–Crippen LogP) is 4.36. The van der Waals surface area contributed by atoms with Crippen LogP contribution in [0.15, 0.2) is 40.9 Å². The van der Waals surface area contributed by atoms with Crippen molar-refractivity contribution in [1.29, 1.82) is 0 Å². The average molecular weight is 390 g/mol. The number of benzene rings is 2. The number of rotatable bonds is 4. The van der Waals surface area contributed by atoms with Crippen molar-refractivity contribution >= 4 is 56.4 Å². The van der Waals surface area contributed by atoms with Gasteiger partial charge in [0.15, 0.2) is 6.61 Å². The summed E-state index contributed by atoms with van der Waals surface area (Å²) in [4.78, 5) is 11.8. The van der Waals surface area contributed by atoms with Gasteiger partial charge in [-0.2, -0.15) is 0 Å². The zero-order valence-corrected chi connectivity index (χ0v) is 13.8. The molecule has 21 heavy (non-hydrogen) atoms. The molecular formula is C14H11BrCl2N2O2. The fourth-order valence-electron chi connectivity index (χ4n) is 1.55. The average Bonchev–Trinajstić information content (AvgIpc) is 2.42. The van der Waals surface area contributed by atoms with Crippen molar-refractivity contribution < 1.29 is 9.53 Å². The molecule has 0 spiro atoms. The summed E-state index contributed by atoms with van der Waals surface area (Å²) in [5.74, 6) is 0.112. The number of hydrogen-bond donors (Lipinski definition) is 2. The van der Waals surface area contributed by atoms with E-state index in [9.17, 15) is 4.79 Å². The van der Waals surface area contributed by atoms with Crippen molar-refractivity contribution in [2.45, 2.75) is 0 Å². The van der Waals surface area contributed by atoms with Gasteiger partial charge in [0.25, 0.3) is 5.91 Å². The van der Waals surface area contributed by atoms with Crippen LogP contribution >= 0.6 is 39.1 Å². The highest BCUT2D eigenvalue weighted by atomic mass is 79.9. The van der Waals surface area contributed by atoms with E-state index in [2.05, 4.69) is 21.2 Å². The molecule has 0 fully saturated rings. The number of carbonyl (C=O) groups excluding carboxylic acids is 1. The lowest BCUT2D eigenvalue weighted by molar-refractivity contribution is -0.118. The fourth-order valence-corrected chi connectivity index (χ4v) is 2.40. The number of nitrogen functional groups attached to an aromatic ring is 1. The molecular weight excluding hydrogens is 379 g/mol. The van der Waals surface area contributed by atoms with Crippen LogP contribution in [0.4, 0.5) is 11.4 Å². The van der Waals surface area contributed by atoms with E-state index in [1.165, 1.54) is 0 Å². The van der Waals surface area contributed by atoms with E-state index in [0.29, 0.717) is 27.2 Å². The first-order valence-corrected chi connectivity index (χ1v) is 7.43. The monoisotopic (exact) mass is 388 g/mol. The minimum Gasteiger partial charge on any atom is -0.482 e. The summed E-state index contributed by atoms with van der Waals surface area (Å²) in [6, 6.07) is 9.99. The molecule has 110 valence electrons. The van der Waals surface area contributed by atoms with E-state index in [0.717, 1.165) is 4.47 Å². The standard InChI is InChI=1S/C14H11BrCl2N2O2/c15-8-1-4-13(11(17)5-8)21-7-14(20)19-9-2-3-10(16)12(18)6-9/h1-6H,7,18H2,(H,19,20). The second-order valence-corrected chi connectivity index (χ2v) is 5.88. The molecule has 0 aliphatic rings. The molecule has 3 N–H and O–H groups in total. The molecule has 2 aromatic carbocycles. The summed E-state index contributed by atoms with van der Waals surface area (Å²) in [5, 5.41) is 3.52. The van der Waals surface area contributed by atoms with Crippen LogP contribution in [-0.2, 0) is 4.79 Å². The zero-order valence-electron chi connectivity index (χ0n) is 10.7. The summed E-state index contributed by atoms with van der Waals surface area (Å²) in [7, 11) is 0. The molecule has 0 aliphatic heterocycles. The number of halogens is 3. The first-order chi connectivity index (χ1) is 9.95. The molecule has 0 aliphatic carbocycles. The topological polar surface area (TPSA) is 64.3 Å². The van der Waals surface area contributed by atoms with Crippen LogP contribution in [0.5, 0.6) is 5.75 Å². The highest BCUT2D eigenvalue weighted by Gasteiger charge is 2.07. The molecule has 0 saturated heterocycles. The Morgan fingerprint density at radius 3 is 2.62 bits per heavy atom. The summed E-state index contributed by atoms with van der Waals surface area (Å²) >= 11 is 15.1. The van der Waals surface area contributed by atoms with Crippen molar-refractivity contribution in [3.8, 4) is 5.75 Å². The van der Waals surface area contributed by atoms with Gasteiger partial charge in [0.05, 0.1) is 15.7 Å². The van der Waals surface area contributed by atoms with Crippen LogP contribution in [-0.4, -0.2) is 12.5 Å². The lowest BCUT2D eigenvalue weighted by Gasteiger charge is -2.09. The lowest BCUT2D eigenvalue weighted by Crippen LogP contribution is -2.20. The van der Waals surface area contributed by atoms with Crippen molar-refractivity contribution in [2.75, 3.05) is 17.7 Å². The number of nitrogens with two attached hydrogens (primary N) is 1. The Balaban J connectivity index is 1.94. The molecule has 0 saturated carbocycles. The van der Waals surface area contributed by atoms with Gasteiger partial charge in [0, 0.05) is 10.2 Å². The smallest absolute Gasteiger partial charge is 0.262 e. The molecule has 0 atom stereocenters. The van der Waals surface area contributed by atoms with Gasteiger partial charge in [0.2, 0.25) is 0 Å². The highest BCUT2D eigenvalue weighted by Crippen LogP contribution is 2.27. The third kappa shape index (κ3) is 4.52. The van der Waals surface area contributed by atoms with Crippen LogP contribution in [0.1, 0.15) is 0 Å². The van der Waals surface area contributed by atoms with Crippen molar-refractivity contribution in [3.05, 3.63) is 50.9 Å². The minimum atomic E-state index is -0.323. The maximum Gasteiger partial charge on any atom is 0.262 e. The third-order valence-electron chi connectivity index (χ3n) is 2.53. The van der Waals surface area contributed by atoms with E-state index in [1.54, 1.807) is 36.4 Å². The van der Waals surface area contributed by atoms with Gasteiger partial charge >= 0.3 is 0 Å². The van der Waals surface area contributed by atoms with Crippen LogP contribution in [0.2, 0.25) is 10.0 Å².